The van der Waals surface area contributed by atoms with Crippen molar-refractivity contribution in [2.45, 2.75) is 25.3 Å². The summed E-state index contributed by atoms with van der Waals surface area (Å²) >= 11 is 0. The molecule has 2 heterocycles. The van der Waals surface area contributed by atoms with Gasteiger partial charge >= 0.3 is 0 Å². The molecule has 86 valence electrons. The van der Waals surface area contributed by atoms with E-state index in [1.165, 1.54) is 0 Å². The number of piperidine rings is 1. The molecular weight excluding hydrogens is 204 g/mol. The molecule has 4 nitrogen and oxygen atoms in total. The number of aryl methyl sites for hydroxylation is 1. The number of hydrogen-bond donors (Lipinski definition) is 1. The first kappa shape index (κ1) is 9.90. The molecule has 0 spiro atoms. The topological polar surface area (TPSA) is 59.5 Å². The van der Waals surface area contributed by atoms with Crippen LogP contribution in [0.1, 0.15) is 29.5 Å². The van der Waals surface area contributed by atoms with Crippen LogP contribution in [-0.4, -0.2) is 29.4 Å². The molecule has 2 fully saturated rings. The Labute approximate surface area is 94.4 Å². The van der Waals surface area contributed by atoms with E-state index in [0.29, 0.717) is 18.0 Å². The largest absolute Gasteiger partial charge is 0.469 e. The first-order chi connectivity index (χ1) is 7.64. The van der Waals surface area contributed by atoms with Crippen molar-refractivity contribution in [1.29, 1.82) is 0 Å². The number of likely N-dealkylation sites (tertiary alicyclic amines) is 1. The molecule has 3 rings (SSSR count). The van der Waals surface area contributed by atoms with Crippen LogP contribution in [0.2, 0.25) is 0 Å². The van der Waals surface area contributed by atoms with Crippen LogP contribution in [-0.2, 0) is 6.42 Å². The zero-order valence-electron chi connectivity index (χ0n) is 9.40. The van der Waals surface area contributed by atoms with Gasteiger partial charge in [0.2, 0.25) is 0 Å². The number of carbonyl (C=O) groups is 1. The SMILES string of the molecule is CCc1occc1C(=O)N1C[C@@H]2C[C@]2(N)C1. The van der Waals surface area contributed by atoms with Gasteiger partial charge < -0.3 is 15.1 Å². The Morgan fingerprint density at radius 3 is 3.19 bits per heavy atom. The minimum Gasteiger partial charge on any atom is -0.469 e. The second-order valence-electron chi connectivity index (χ2n) is 4.93. The molecule has 1 aliphatic carbocycles. The monoisotopic (exact) mass is 220 g/mol. The van der Waals surface area contributed by atoms with Gasteiger partial charge in [-0.2, -0.15) is 0 Å². The van der Waals surface area contributed by atoms with Crippen molar-refractivity contribution in [2.24, 2.45) is 11.7 Å². The average Bonchev–Trinajstić information content (AvgIpc) is 2.72. The highest BCUT2D eigenvalue weighted by Crippen LogP contribution is 2.47. The van der Waals surface area contributed by atoms with Gasteiger partial charge in [0.25, 0.3) is 5.91 Å². The molecule has 2 N–H and O–H groups in total. The summed E-state index contributed by atoms with van der Waals surface area (Å²) in [6, 6.07) is 1.76. The van der Waals surface area contributed by atoms with Crippen LogP contribution in [0.15, 0.2) is 16.7 Å². The number of fused-ring (bicyclic) bond motifs is 1. The number of furan rings is 1. The first-order valence-corrected chi connectivity index (χ1v) is 5.78. The fourth-order valence-corrected chi connectivity index (χ4v) is 2.66. The quantitative estimate of drug-likeness (QED) is 0.809. The second kappa shape index (κ2) is 3.10. The van der Waals surface area contributed by atoms with E-state index in [1.807, 2.05) is 11.8 Å². The number of carbonyl (C=O) groups excluding carboxylic acids is 1. The summed E-state index contributed by atoms with van der Waals surface area (Å²) in [6.45, 7) is 3.50. The maximum atomic E-state index is 12.2. The summed E-state index contributed by atoms with van der Waals surface area (Å²) in [7, 11) is 0. The minimum atomic E-state index is -0.0776. The molecular formula is C12H16N2O2. The third-order valence-corrected chi connectivity index (χ3v) is 3.79. The normalized spacial score (nSPS) is 31.6. The Kier molecular flexibility index (Phi) is 1.92. The molecule has 1 aromatic rings. The third kappa shape index (κ3) is 1.29. The number of rotatable bonds is 2. The average molecular weight is 220 g/mol. The van der Waals surface area contributed by atoms with E-state index in [2.05, 4.69) is 0 Å². The van der Waals surface area contributed by atoms with Crippen molar-refractivity contribution >= 4 is 5.91 Å². The molecule has 2 atom stereocenters. The molecule has 0 bridgehead atoms. The van der Waals surface area contributed by atoms with Crippen LogP contribution in [0, 0.1) is 5.92 Å². The maximum Gasteiger partial charge on any atom is 0.257 e. The van der Waals surface area contributed by atoms with E-state index in [-0.39, 0.29) is 11.4 Å². The lowest BCUT2D eigenvalue weighted by Crippen LogP contribution is -2.37. The van der Waals surface area contributed by atoms with Gasteiger partial charge in [-0.15, -0.1) is 0 Å². The van der Waals surface area contributed by atoms with Crippen LogP contribution < -0.4 is 5.73 Å². The van der Waals surface area contributed by atoms with Crippen molar-refractivity contribution in [1.82, 2.24) is 4.90 Å². The molecule has 1 aliphatic heterocycles. The Bertz CT molecular complexity index is 440. The van der Waals surface area contributed by atoms with Gasteiger partial charge in [0.15, 0.2) is 0 Å². The van der Waals surface area contributed by atoms with Gasteiger partial charge in [0.05, 0.1) is 11.8 Å². The Hall–Kier alpha value is -1.29. The van der Waals surface area contributed by atoms with E-state index < -0.39 is 0 Å². The number of hydrogen-bond acceptors (Lipinski definition) is 3. The van der Waals surface area contributed by atoms with E-state index in [0.717, 1.165) is 25.1 Å². The van der Waals surface area contributed by atoms with Gasteiger partial charge in [-0.1, -0.05) is 6.92 Å². The van der Waals surface area contributed by atoms with Crippen molar-refractivity contribution in [3.63, 3.8) is 0 Å². The van der Waals surface area contributed by atoms with Gasteiger partial charge in [-0.05, 0) is 18.4 Å². The Balaban J connectivity index is 1.79. The molecule has 4 heteroatoms. The summed E-state index contributed by atoms with van der Waals surface area (Å²) in [6.07, 6.45) is 3.41. The number of nitrogens with zero attached hydrogens (tertiary/aromatic N) is 1. The number of amides is 1. The van der Waals surface area contributed by atoms with E-state index in [9.17, 15) is 4.79 Å². The lowest BCUT2D eigenvalue weighted by molar-refractivity contribution is 0.0770. The predicted molar refractivity (Wildman–Crippen MR) is 59.0 cm³/mol. The van der Waals surface area contributed by atoms with Gasteiger partial charge in [-0.3, -0.25) is 4.79 Å². The summed E-state index contributed by atoms with van der Waals surface area (Å²) in [5.41, 5.74) is 6.71. The van der Waals surface area contributed by atoms with E-state index >= 15 is 0 Å². The van der Waals surface area contributed by atoms with Crippen LogP contribution >= 0.6 is 0 Å². The van der Waals surface area contributed by atoms with Crippen molar-refractivity contribution < 1.29 is 9.21 Å². The summed E-state index contributed by atoms with van der Waals surface area (Å²) in [5.74, 6) is 1.37. The lowest BCUT2D eigenvalue weighted by Gasteiger charge is -2.19. The number of nitrogens with two attached hydrogens (primary N) is 1. The molecule has 0 radical (unpaired) electrons. The smallest absolute Gasteiger partial charge is 0.257 e. The Morgan fingerprint density at radius 1 is 1.75 bits per heavy atom. The highest BCUT2D eigenvalue weighted by molar-refractivity contribution is 5.95. The Morgan fingerprint density at radius 2 is 2.56 bits per heavy atom. The highest BCUT2D eigenvalue weighted by Gasteiger charge is 2.58. The summed E-state index contributed by atoms with van der Waals surface area (Å²) in [4.78, 5) is 14.1. The van der Waals surface area contributed by atoms with Crippen molar-refractivity contribution in [3.8, 4) is 0 Å². The molecule has 16 heavy (non-hydrogen) atoms. The van der Waals surface area contributed by atoms with Crippen LogP contribution in [0.25, 0.3) is 0 Å². The van der Waals surface area contributed by atoms with E-state index in [4.69, 9.17) is 10.2 Å². The zero-order chi connectivity index (χ0) is 11.3. The molecule has 2 aliphatic rings. The summed E-state index contributed by atoms with van der Waals surface area (Å²) in [5, 5.41) is 0. The lowest BCUT2D eigenvalue weighted by atomic mass is 10.2. The second-order valence-corrected chi connectivity index (χ2v) is 4.93. The minimum absolute atomic E-state index is 0.0719. The van der Waals surface area contributed by atoms with Crippen LogP contribution in [0.3, 0.4) is 0 Å². The fourth-order valence-electron chi connectivity index (χ4n) is 2.66. The molecule has 1 saturated carbocycles. The predicted octanol–water partition coefficient (Wildman–Crippen LogP) is 1.02. The van der Waals surface area contributed by atoms with Crippen LogP contribution in [0.5, 0.6) is 0 Å². The van der Waals surface area contributed by atoms with Gasteiger partial charge in [0, 0.05) is 25.0 Å². The first-order valence-electron chi connectivity index (χ1n) is 5.78. The fraction of sp³-hybridized carbons (Fsp3) is 0.583. The third-order valence-electron chi connectivity index (χ3n) is 3.79. The molecule has 1 amide bonds. The standard InChI is InChI=1S/C12H16N2O2/c1-2-10-9(3-4-16-10)11(15)14-6-8-5-12(8,13)7-14/h3-4,8H,2,5-7,13H2,1H3/t8-,12-/m0/s1. The van der Waals surface area contributed by atoms with E-state index in [1.54, 1.807) is 12.3 Å². The molecule has 0 unspecified atom stereocenters. The molecule has 1 saturated heterocycles. The van der Waals surface area contributed by atoms with Gasteiger partial charge in [-0.25, -0.2) is 0 Å². The molecule has 0 aromatic carbocycles. The summed E-state index contributed by atoms with van der Waals surface area (Å²) < 4.78 is 5.28. The molecule has 1 aromatic heterocycles. The zero-order valence-corrected chi connectivity index (χ0v) is 9.40. The van der Waals surface area contributed by atoms with Crippen molar-refractivity contribution in [3.05, 3.63) is 23.7 Å². The highest BCUT2D eigenvalue weighted by atomic mass is 16.3. The maximum absolute atomic E-state index is 12.2. The van der Waals surface area contributed by atoms with Crippen molar-refractivity contribution in [2.75, 3.05) is 13.1 Å². The van der Waals surface area contributed by atoms with Crippen LogP contribution in [0.4, 0.5) is 0 Å². The van der Waals surface area contributed by atoms with Gasteiger partial charge in [0.1, 0.15) is 5.76 Å².